The number of ketones is 1. The van der Waals surface area contributed by atoms with Gasteiger partial charge in [-0.05, 0) is 19.9 Å². The summed E-state index contributed by atoms with van der Waals surface area (Å²) in [5.74, 6) is -1.19. The van der Waals surface area contributed by atoms with E-state index in [1.165, 1.54) is 12.1 Å². The van der Waals surface area contributed by atoms with Gasteiger partial charge in [0.2, 0.25) is 17.5 Å². The maximum Gasteiger partial charge on any atom is 0.300 e. The molecule has 0 aliphatic carbocycles. The van der Waals surface area contributed by atoms with Gasteiger partial charge in [0.05, 0.1) is 18.8 Å². The van der Waals surface area contributed by atoms with Crippen LogP contribution in [-0.4, -0.2) is 30.4 Å². The Balaban J connectivity index is 3.07. The van der Waals surface area contributed by atoms with Crippen molar-refractivity contribution in [2.75, 3.05) is 13.2 Å². The van der Waals surface area contributed by atoms with E-state index in [0.29, 0.717) is 6.61 Å². The lowest BCUT2D eigenvalue weighted by molar-refractivity contribution is 0.0673. The summed E-state index contributed by atoms with van der Waals surface area (Å²) in [5, 5.41) is 0. The van der Waals surface area contributed by atoms with E-state index in [2.05, 4.69) is 4.98 Å². The molecule has 0 amide bonds. The van der Waals surface area contributed by atoms with Gasteiger partial charge < -0.3 is 9.47 Å². The number of halogens is 2. The second-order valence-electron chi connectivity index (χ2n) is 3.03. The van der Waals surface area contributed by atoms with E-state index >= 15 is 0 Å². The predicted octanol–water partition coefficient (Wildman–Crippen LogP) is 2.33. The van der Waals surface area contributed by atoms with Crippen LogP contribution in [0.4, 0.5) is 8.78 Å². The van der Waals surface area contributed by atoms with Crippen LogP contribution in [-0.2, 0) is 0 Å². The lowest BCUT2D eigenvalue weighted by Gasteiger charge is -2.10. The van der Waals surface area contributed by atoms with E-state index in [-0.39, 0.29) is 23.9 Å². The number of aromatic nitrogens is 1. The van der Waals surface area contributed by atoms with Gasteiger partial charge in [-0.15, -0.1) is 0 Å². The molecule has 1 heterocycles. The van der Waals surface area contributed by atoms with Gasteiger partial charge in [0, 0.05) is 6.07 Å². The zero-order valence-electron chi connectivity index (χ0n) is 9.57. The SMILES string of the molecule is CCOc1ccc(C(=O)C(F)F)c(OCC)n1. The molecule has 0 unspecified atom stereocenters. The van der Waals surface area contributed by atoms with Crippen LogP contribution in [0, 0.1) is 0 Å². The number of nitrogens with zero attached hydrogens (tertiary/aromatic N) is 1. The van der Waals surface area contributed by atoms with Crippen LogP contribution in [0.15, 0.2) is 12.1 Å². The molecule has 0 saturated carbocycles. The van der Waals surface area contributed by atoms with E-state index < -0.39 is 12.2 Å². The van der Waals surface area contributed by atoms with E-state index in [1.807, 2.05) is 0 Å². The monoisotopic (exact) mass is 245 g/mol. The lowest BCUT2D eigenvalue weighted by atomic mass is 10.2. The fourth-order valence-corrected chi connectivity index (χ4v) is 1.20. The number of carbonyl (C=O) groups is 1. The maximum absolute atomic E-state index is 12.3. The molecule has 1 rings (SSSR count). The molecular formula is C11H13F2NO3. The first-order valence-electron chi connectivity index (χ1n) is 5.19. The van der Waals surface area contributed by atoms with Crippen LogP contribution >= 0.6 is 0 Å². The standard InChI is InChI=1S/C11H13F2NO3/c1-3-16-8-6-5-7(9(15)10(12)13)11(14-8)17-4-2/h5-6,10H,3-4H2,1-2H3. The Morgan fingerprint density at radius 3 is 2.47 bits per heavy atom. The van der Waals surface area contributed by atoms with Crippen LogP contribution in [0.1, 0.15) is 24.2 Å². The average Bonchev–Trinajstić information content (AvgIpc) is 2.29. The van der Waals surface area contributed by atoms with Gasteiger partial charge in [-0.2, -0.15) is 4.98 Å². The Labute approximate surface area is 97.6 Å². The fourth-order valence-electron chi connectivity index (χ4n) is 1.20. The number of ether oxygens (including phenoxy) is 2. The Bertz CT molecular complexity index is 396. The molecule has 0 aliphatic rings. The normalized spacial score (nSPS) is 10.4. The highest BCUT2D eigenvalue weighted by atomic mass is 19.3. The molecule has 0 radical (unpaired) electrons. The van der Waals surface area contributed by atoms with Crippen LogP contribution in [0.3, 0.4) is 0 Å². The minimum atomic E-state index is -3.08. The van der Waals surface area contributed by atoms with E-state index in [1.54, 1.807) is 13.8 Å². The number of alkyl halides is 2. The largest absolute Gasteiger partial charge is 0.478 e. The highest BCUT2D eigenvalue weighted by Crippen LogP contribution is 2.22. The third kappa shape index (κ3) is 3.37. The average molecular weight is 245 g/mol. The summed E-state index contributed by atoms with van der Waals surface area (Å²) in [6.45, 7) is 4.05. The van der Waals surface area contributed by atoms with Gasteiger partial charge in [-0.1, -0.05) is 0 Å². The highest BCUT2D eigenvalue weighted by Gasteiger charge is 2.23. The van der Waals surface area contributed by atoms with Crippen LogP contribution in [0.5, 0.6) is 11.8 Å². The van der Waals surface area contributed by atoms with Gasteiger partial charge >= 0.3 is 6.43 Å². The van der Waals surface area contributed by atoms with Crippen molar-refractivity contribution in [3.63, 3.8) is 0 Å². The molecule has 0 N–H and O–H groups in total. The van der Waals surface area contributed by atoms with Crippen LogP contribution < -0.4 is 9.47 Å². The van der Waals surface area contributed by atoms with Crippen LogP contribution in [0.25, 0.3) is 0 Å². The molecule has 1 aromatic heterocycles. The summed E-state index contributed by atoms with van der Waals surface area (Å²) in [6.07, 6.45) is -3.08. The number of rotatable bonds is 6. The third-order valence-electron chi connectivity index (χ3n) is 1.87. The van der Waals surface area contributed by atoms with Gasteiger partial charge in [0.1, 0.15) is 0 Å². The summed E-state index contributed by atoms with van der Waals surface area (Å²) in [5.41, 5.74) is -0.231. The predicted molar refractivity (Wildman–Crippen MR) is 56.9 cm³/mol. The number of hydrogen-bond acceptors (Lipinski definition) is 4. The molecule has 0 bridgehead atoms. The smallest absolute Gasteiger partial charge is 0.300 e. The first-order valence-corrected chi connectivity index (χ1v) is 5.19. The van der Waals surface area contributed by atoms with Crippen molar-refractivity contribution in [3.8, 4) is 11.8 Å². The Morgan fingerprint density at radius 2 is 1.94 bits per heavy atom. The van der Waals surface area contributed by atoms with Gasteiger partial charge in [-0.3, -0.25) is 4.79 Å². The number of hydrogen-bond donors (Lipinski definition) is 0. The summed E-state index contributed by atoms with van der Waals surface area (Å²) in [6, 6.07) is 2.60. The first kappa shape index (κ1) is 13.3. The number of Topliss-reactive ketones (excluding diaryl/α,β-unsaturated/α-hetero) is 1. The summed E-state index contributed by atoms with van der Waals surface area (Å²) < 4.78 is 34.8. The first-order chi connectivity index (χ1) is 8.10. The van der Waals surface area contributed by atoms with Crippen LogP contribution in [0.2, 0.25) is 0 Å². The van der Waals surface area contributed by atoms with Gasteiger partial charge in [0.25, 0.3) is 0 Å². The summed E-state index contributed by atoms with van der Waals surface area (Å²) in [7, 11) is 0. The molecule has 17 heavy (non-hydrogen) atoms. The van der Waals surface area contributed by atoms with Crippen molar-refractivity contribution < 1.29 is 23.0 Å². The van der Waals surface area contributed by atoms with Crippen molar-refractivity contribution in [2.24, 2.45) is 0 Å². The molecule has 0 aliphatic heterocycles. The topological polar surface area (TPSA) is 48.4 Å². The highest BCUT2D eigenvalue weighted by molar-refractivity contribution is 6.00. The molecule has 4 nitrogen and oxygen atoms in total. The van der Waals surface area contributed by atoms with E-state index in [4.69, 9.17) is 9.47 Å². The third-order valence-corrected chi connectivity index (χ3v) is 1.87. The zero-order valence-corrected chi connectivity index (χ0v) is 9.57. The molecule has 0 spiro atoms. The summed E-state index contributed by atoms with van der Waals surface area (Å²) >= 11 is 0. The van der Waals surface area contributed by atoms with Crippen molar-refractivity contribution in [1.82, 2.24) is 4.98 Å². The Morgan fingerprint density at radius 1 is 1.29 bits per heavy atom. The molecule has 0 fully saturated rings. The molecule has 0 aromatic carbocycles. The minimum Gasteiger partial charge on any atom is -0.478 e. The number of pyridine rings is 1. The lowest BCUT2D eigenvalue weighted by Crippen LogP contribution is -2.13. The van der Waals surface area contributed by atoms with Crippen molar-refractivity contribution in [3.05, 3.63) is 17.7 Å². The molecule has 0 saturated heterocycles. The quantitative estimate of drug-likeness (QED) is 0.722. The zero-order chi connectivity index (χ0) is 12.8. The van der Waals surface area contributed by atoms with Gasteiger partial charge in [0.15, 0.2) is 0 Å². The molecular weight excluding hydrogens is 232 g/mol. The van der Waals surface area contributed by atoms with Gasteiger partial charge in [-0.25, -0.2) is 8.78 Å². The molecule has 0 atom stereocenters. The fraction of sp³-hybridized carbons (Fsp3) is 0.455. The van der Waals surface area contributed by atoms with Crippen molar-refractivity contribution >= 4 is 5.78 Å². The van der Waals surface area contributed by atoms with Crippen molar-refractivity contribution in [1.29, 1.82) is 0 Å². The Kier molecular flexibility index (Phi) is 4.81. The minimum absolute atomic E-state index is 0.122. The van der Waals surface area contributed by atoms with E-state index in [0.717, 1.165) is 0 Å². The molecule has 1 aromatic rings. The van der Waals surface area contributed by atoms with Crippen molar-refractivity contribution in [2.45, 2.75) is 20.3 Å². The maximum atomic E-state index is 12.3. The second-order valence-corrected chi connectivity index (χ2v) is 3.03. The Hall–Kier alpha value is -1.72. The summed E-state index contributed by atoms with van der Waals surface area (Å²) in [4.78, 5) is 15.1. The number of carbonyl (C=O) groups excluding carboxylic acids is 1. The van der Waals surface area contributed by atoms with E-state index in [9.17, 15) is 13.6 Å². The second kappa shape index (κ2) is 6.12. The molecule has 94 valence electrons. The molecule has 6 heteroatoms.